The lowest BCUT2D eigenvalue weighted by Gasteiger charge is -2.37. The number of carbonyl (C=O) groups excluding carboxylic acids is 1. The molecule has 1 saturated heterocycles. The van der Waals surface area contributed by atoms with Crippen molar-refractivity contribution in [2.45, 2.75) is 12.6 Å². The Labute approximate surface area is 145 Å². The van der Waals surface area contributed by atoms with Crippen LogP contribution < -0.4 is 5.73 Å². The lowest BCUT2D eigenvalue weighted by molar-refractivity contribution is -0.125. The number of hydrogen-bond donors (Lipinski definition) is 2. The first-order valence-corrected chi connectivity index (χ1v) is 8.03. The molecule has 0 saturated carbocycles. The maximum Gasteiger partial charge on any atom is 0.337 e. The minimum atomic E-state index is -0.978. The van der Waals surface area contributed by atoms with Gasteiger partial charge in [-0.3, -0.25) is 14.6 Å². The van der Waals surface area contributed by atoms with Crippen molar-refractivity contribution in [2.75, 3.05) is 26.7 Å². The number of likely N-dealkylation sites (N-methyl/N-ethyl adjacent to an activating group) is 1. The van der Waals surface area contributed by atoms with Crippen molar-refractivity contribution in [3.8, 4) is 5.69 Å². The summed E-state index contributed by atoms with van der Waals surface area (Å²) in [5, 5.41) is 9.31. The number of para-hydroxylation sites is 1. The second-order valence-electron chi connectivity index (χ2n) is 6.23. The van der Waals surface area contributed by atoms with Crippen molar-refractivity contribution in [1.82, 2.24) is 19.4 Å². The van der Waals surface area contributed by atoms with E-state index in [1.807, 2.05) is 18.1 Å². The van der Waals surface area contributed by atoms with Crippen LogP contribution in [0.15, 0.2) is 36.8 Å². The fourth-order valence-corrected chi connectivity index (χ4v) is 3.07. The Bertz CT molecular complexity index is 788. The molecule has 3 rings (SSSR count). The third-order valence-corrected chi connectivity index (χ3v) is 4.49. The number of aromatic carboxylic acids is 1. The molecule has 1 amide bonds. The molecule has 2 heterocycles. The van der Waals surface area contributed by atoms with E-state index in [-0.39, 0.29) is 17.5 Å². The summed E-state index contributed by atoms with van der Waals surface area (Å²) in [5.41, 5.74) is 7.06. The molecule has 0 unspecified atom stereocenters. The molecule has 1 aromatic heterocycles. The number of carbonyl (C=O) groups is 2. The number of benzene rings is 1. The van der Waals surface area contributed by atoms with Gasteiger partial charge in [0.05, 0.1) is 23.3 Å². The molecule has 0 bridgehead atoms. The fraction of sp³-hybridized carbons (Fsp3) is 0.353. The van der Waals surface area contributed by atoms with Gasteiger partial charge in [-0.1, -0.05) is 12.1 Å². The Hall–Kier alpha value is -2.71. The highest BCUT2D eigenvalue weighted by Crippen LogP contribution is 2.16. The summed E-state index contributed by atoms with van der Waals surface area (Å²) in [7, 11) is 1.89. The number of nitrogens with zero attached hydrogens (tertiary/aromatic N) is 4. The number of carboxylic acids is 1. The van der Waals surface area contributed by atoms with Crippen LogP contribution in [-0.4, -0.2) is 69.1 Å². The number of rotatable bonds is 5. The smallest absolute Gasteiger partial charge is 0.337 e. The van der Waals surface area contributed by atoms with Gasteiger partial charge >= 0.3 is 5.97 Å². The average molecular weight is 343 g/mol. The van der Waals surface area contributed by atoms with Crippen LogP contribution in [0.25, 0.3) is 5.69 Å². The lowest BCUT2D eigenvalue weighted by atomic mass is 10.1. The predicted molar refractivity (Wildman–Crippen MR) is 91.4 cm³/mol. The largest absolute Gasteiger partial charge is 0.478 e. The van der Waals surface area contributed by atoms with E-state index in [0.29, 0.717) is 18.8 Å². The Morgan fingerprint density at radius 3 is 2.80 bits per heavy atom. The van der Waals surface area contributed by atoms with Crippen LogP contribution >= 0.6 is 0 Å². The Kier molecular flexibility index (Phi) is 4.82. The minimum Gasteiger partial charge on any atom is -0.478 e. The first-order valence-electron chi connectivity index (χ1n) is 8.03. The van der Waals surface area contributed by atoms with E-state index in [0.717, 1.165) is 18.8 Å². The molecule has 132 valence electrons. The van der Waals surface area contributed by atoms with Crippen molar-refractivity contribution in [1.29, 1.82) is 0 Å². The molecule has 25 heavy (non-hydrogen) atoms. The highest BCUT2D eigenvalue weighted by molar-refractivity contribution is 5.91. The number of primary amides is 1. The quantitative estimate of drug-likeness (QED) is 0.802. The zero-order valence-corrected chi connectivity index (χ0v) is 14.0. The maximum absolute atomic E-state index is 11.5. The molecule has 0 spiro atoms. The van der Waals surface area contributed by atoms with Gasteiger partial charge in [0.1, 0.15) is 6.04 Å². The van der Waals surface area contributed by atoms with E-state index in [1.165, 1.54) is 0 Å². The Morgan fingerprint density at radius 1 is 1.32 bits per heavy atom. The van der Waals surface area contributed by atoms with Gasteiger partial charge < -0.3 is 15.4 Å². The molecule has 2 aromatic rings. The second kappa shape index (κ2) is 7.04. The molecule has 1 aromatic carbocycles. The highest BCUT2D eigenvalue weighted by atomic mass is 16.4. The molecule has 1 aliphatic heterocycles. The summed E-state index contributed by atoms with van der Waals surface area (Å²) in [6.07, 6.45) is 3.43. The lowest BCUT2D eigenvalue weighted by Crippen LogP contribution is -2.56. The molecule has 0 radical (unpaired) electrons. The van der Waals surface area contributed by atoms with Crippen LogP contribution in [0.4, 0.5) is 0 Å². The van der Waals surface area contributed by atoms with Crippen LogP contribution in [0.1, 0.15) is 16.1 Å². The molecule has 8 nitrogen and oxygen atoms in total. The van der Waals surface area contributed by atoms with Gasteiger partial charge in [0.15, 0.2) is 0 Å². The molecule has 1 atom stereocenters. The van der Waals surface area contributed by atoms with Crippen molar-refractivity contribution >= 4 is 11.9 Å². The third kappa shape index (κ3) is 3.70. The van der Waals surface area contributed by atoms with Gasteiger partial charge in [-0.15, -0.1) is 0 Å². The van der Waals surface area contributed by atoms with Gasteiger partial charge in [0.25, 0.3) is 0 Å². The van der Waals surface area contributed by atoms with Gasteiger partial charge in [-0.25, -0.2) is 9.78 Å². The number of piperazine rings is 1. The van der Waals surface area contributed by atoms with Crippen molar-refractivity contribution in [3.05, 3.63) is 48.0 Å². The first kappa shape index (κ1) is 17.1. The van der Waals surface area contributed by atoms with Crippen LogP contribution in [0.5, 0.6) is 0 Å². The topological polar surface area (TPSA) is 105 Å². The van der Waals surface area contributed by atoms with Crippen molar-refractivity contribution in [3.63, 3.8) is 0 Å². The number of imidazole rings is 1. The molecule has 1 aliphatic rings. The number of aromatic nitrogens is 2. The third-order valence-electron chi connectivity index (χ3n) is 4.49. The normalized spacial score (nSPS) is 19.0. The van der Waals surface area contributed by atoms with E-state index >= 15 is 0 Å². The Balaban J connectivity index is 1.75. The maximum atomic E-state index is 11.5. The summed E-state index contributed by atoms with van der Waals surface area (Å²) in [6, 6.07) is 6.49. The summed E-state index contributed by atoms with van der Waals surface area (Å²) < 4.78 is 1.71. The van der Waals surface area contributed by atoms with Crippen LogP contribution in [0, 0.1) is 0 Å². The zero-order chi connectivity index (χ0) is 18.0. The van der Waals surface area contributed by atoms with Crippen molar-refractivity contribution < 1.29 is 14.7 Å². The van der Waals surface area contributed by atoms with E-state index in [1.54, 1.807) is 35.2 Å². The SMILES string of the molecule is CN1CCN(Cc2cn(-c3ccccc3C(=O)O)cn2)C[C@H]1C(N)=O. The summed E-state index contributed by atoms with van der Waals surface area (Å²) in [6.45, 7) is 2.72. The number of nitrogens with two attached hydrogens (primary N) is 1. The van der Waals surface area contributed by atoms with Gasteiger partial charge in [-0.05, 0) is 19.2 Å². The van der Waals surface area contributed by atoms with Crippen LogP contribution in [0.2, 0.25) is 0 Å². The van der Waals surface area contributed by atoms with E-state index in [4.69, 9.17) is 5.73 Å². The number of amides is 1. The summed E-state index contributed by atoms with van der Waals surface area (Å²) >= 11 is 0. The van der Waals surface area contributed by atoms with Gasteiger partial charge in [-0.2, -0.15) is 0 Å². The zero-order valence-electron chi connectivity index (χ0n) is 14.0. The number of carboxylic acid groups (broad SMARTS) is 1. The first-order chi connectivity index (χ1) is 12.0. The number of hydrogen-bond acceptors (Lipinski definition) is 5. The molecule has 0 aliphatic carbocycles. The molecule has 1 fully saturated rings. The average Bonchev–Trinajstić information content (AvgIpc) is 3.04. The van der Waals surface area contributed by atoms with Crippen molar-refractivity contribution in [2.24, 2.45) is 5.73 Å². The highest BCUT2D eigenvalue weighted by Gasteiger charge is 2.28. The second-order valence-corrected chi connectivity index (χ2v) is 6.23. The van der Waals surface area contributed by atoms with Crippen LogP contribution in [-0.2, 0) is 11.3 Å². The molecular weight excluding hydrogens is 322 g/mol. The molecule has 3 N–H and O–H groups in total. The van der Waals surface area contributed by atoms with Gasteiger partial charge in [0, 0.05) is 32.4 Å². The standard InChI is InChI=1S/C17H21N5O3/c1-20-6-7-21(10-15(20)16(18)23)8-12-9-22(11-19-12)14-5-3-2-4-13(14)17(24)25/h2-5,9,11,15H,6-8,10H2,1H3,(H2,18,23)(H,24,25)/t15-/m0/s1. The van der Waals surface area contributed by atoms with Gasteiger partial charge in [0.2, 0.25) is 5.91 Å². The van der Waals surface area contributed by atoms with E-state index in [2.05, 4.69) is 9.88 Å². The Morgan fingerprint density at radius 2 is 2.08 bits per heavy atom. The predicted octanol–water partition coefficient (Wildman–Crippen LogP) is 0.172. The van der Waals surface area contributed by atoms with E-state index < -0.39 is 5.97 Å². The summed E-state index contributed by atoms with van der Waals surface area (Å²) in [5.74, 6) is -1.30. The monoisotopic (exact) mass is 343 g/mol. The minimum absolute atomic E-state index is 0.222. The molecular formula is C17H21N5O3. The molecule has 8 heteroatoms. The summed E-state index contributed by atoms with van der Waals surface area (Å²) in [4.78, 5) is 31.4. The fourth-order valence-electron chi connectivity index (χ4n) is 3.07. The van der Waals surface area contributed by atoms with Crippen LogP contribution in [0.3, 0.4) is 0 Å². The van der Waals surface area contributed by atoms with E-state index in [9.17, 15) is 14.7 Å².